The Balaban J connectivity index is 0.00000261. The van der Waals surface area contributed by atoms with Gasteiger partial charge in [-0.1, -0.05) is 43.6 Å². The maximum atomic E-state index is 12.9. The third-order valence-corrected chi connectivity index (χ3v) is 5.25. The van der Waals surface area contributed by atoms with Crippen LogP contribution in [0.3, 0.4) is 0 Å². The van der Waals surface area contributed by atoms with Gasteiger partial charge in [-0.3, -0.25) is 4.79 Å². The van der Waals surface area contributed by atoms with Crippen LogP contribution in [0.4, 0.5) is 0 Å². The third-order valence-electron chi connectivity index (χ3n) is 5.00. The average Bonchev–Trinajstić information content (AvgIpc) is 2.63. The molecule has 1 saturated heterocycles. The number of rotatable bonds is 4. The minimum Gasteiger partial charge on any atom is -0.489 e. The smallest absolute Gasteiger partial charge is 0.254 e. The lowest BCUT2D eigenvalue weighted by Crippen LogP contribution is -2.53. The van der Waals surface area contributed by atoms with Gasteiger partial charge in [0, 0.05) is 29.7 Å². The maximum absolute atomic E-state index is 12.9. The molecule has 3 rings (SSSR count). The number of amides is 1. The zero-order chi connectivity index (χ0) is 18.7. The summed E-state index contributed by atoms with van der Waals surface area (Å²) in [7, 11) is 0. The molecule has 1 aliphatic heterocycles. The van der Waals surface area contributed by atoms with Gasteiger partial charge in [0.05, 0.1) is 0 Å². The Bertz CT molecular complexity index is 778. The predicted molar refractivity (Wildman–Crippen MR) is 112 cm³/mol. The van der Waals surface area contributed by atoms with E-state index in [1.54, 1.807) is 6.07 Å². The molecule has 146 valence electrons. The molecule has 0 saturated carbocycles. The van der Waals surface area contributed by atoms with E-state index in [1.165, 1.54) is 0 Å². The number of hydrogen-bond acceptors (Lipinski definition) is 3. The molecular formula is C21H26Cl2N2O2. The van der Waals surface area contributed by atoms with Gasteiger partial charge in [0.25, 0.3) is 5.91 Å². The minimum absolute atomic E-state index is 0. The van der Waals surface area contributed by atoms with E-state index in [9.17, 15) is 4.79 Å². The standard InChI is InChI=1S/C21H25ClN2O2.ClH/c1-21(2)14-24(11-10-19(21)23)20(25)16-4-3-5-18(12-16)26-13-15-6-8-17(22)9-7-15;/h3-9,12,19H,10-11,13-14,23H2,1-2H3;1H. The van der Waals surface area contributed by atoms with Gasteiger partial charge in [-0.2, -0.15) is 0 Å². The zero-order valence-corrected chi connectivity index (χ0v) is 17.2. The Kier molecular flexibility index (Phi) is 7.15. The summed E-state index contributed by atoms with van der Waals surface area (Å²) in [6, 6.07) is 15.0. The van der Waals surface area contributed by atoms with Crippen LogP contribution < -0.4 is 10.5 Å². The fraction of sp³-hybridized carbons (Fsp3) is 0.381. The van der Waals surface area contributed by atoms with Crippen molar-refractivity contribution in [3.8, 4) is 5.75 Å². The Morgan fingerprint density at radius 1 is 1.26 bits per heavy atom. The summed E-state index contributed by atoms with van der Waals surface area (Å²) in [5, 5.41) is 0.700. The van der Waals surface area contributed by atoms with Crippen LogP contribution in [0.1, 0.15) is 36.2 Å². The molecule has 27 heavy (non-hydrogen) atoms. The highest BCUT2D eigenvalue weighted by Crippen LogP contribution is 2.29. The summed E-state index contributed by atoms with van der Waals surface area (Å²) in [4.78, 5) is 14.8. The topological polar surface area (TPSA) is 55.6 Å². The summed E-state index contributed by atoms with van der Waals surface area (Å²) in [5.41, 5.74) is 7.77. The average molecular weight is 409 g/mol. The summed E-state index contributed by atoms with van der Waals surface area (Å²) in [6.45, 7) is 6.02. The van der Waals surface area contributed by atoms with Crippen molar-refractivity contribution in [3.63, 3.8) is 0 Å². The van der Waals surface area contributed by atoms with Crippen molar-refractivity contribution in [2.45, 2.75) is 32.9 Å². The van der Waals surface area contributed by atoms with Crippen molar-refractivity contribution in [2.75, 3.05) is 13.1 Å². The molecular weight excluding hydrogens is 383 g/mol. The Morgan fingerprint density at radius 2 is 1.96 bits per heavy atom. The van der Waals surface area contributed by atoms with Crippen LogP contribution in [-0.4, -0.2) is 29.9 Å². The lowest BCUT2D eigenvalue weighted by molar-refractivity contribution is 0.0532. The van der Waals surface area contributed by atoms with Crippen LogP contribution in [0, 0.1) is 5.41 Å². The van der Waals surface area contributed by atoms with E-state index in [-0.39, 0.29) is 29.8 Å². The Labute approximate surface area is 172 Å². The highest BCUT2D eigenvalue weighted by molar-refractivity contribution is 6.30. The molecule has 1 fully saturated rings. The molecule has 1 aliphatic rings. The first kappa shape index (κ1) is 21.5. The SMILES string of the molecule is CC1(C)CN(C(=O)c2cccc(OCc3ccc(Cl)cc3)c2)CCC1N.Cl. The highest BCUT2D eigenvalue weighted by Gasteiger charge is 2.35. The Morgan fingerprint density at radius 3 is 2.63 bits per heavy atom. The third kappa shape index (κ3) is 5.38. The molecule has 2 N–H and O–H groups in total. The number of likely N-dealkylation sites (tertiary alicyclic amines) is 1. The summed E-state index contributed by atoms with van der Waals surface area (Å²) >= 11 is 5.90. The van der Waals surface area contributed by atoms with E-state index in [2.05, 4.69) is 13.8 Å². The number of carbonyl (C=O) groups excluding carboxylic acids is 1. The predicted octanol–water partition coefficient (Wildman–Crippen LogP) is 4.54. The zero-order valence-electron chi connectivity index (χ0n) is 15.7. The van der Waals surface area contributed by atoms with Crippen LogP contribution >= 0.6 is 24.0 Å². The largest absolute Gasteiger partial charge is 0.489 e. The van der Waals surface area contributed by atoms with Gasteiger partial charge in [-0.25, -0.2) is 0 Å². The van der Waals surface area contributed by atoms with Crippen LogP contribution in [0.15, 0.2) is 48.5 Å². The van der Waals surface area contributed by atoms with Gasteiger partial charge < -0.3 is 15.4 Å². The van der Waals surface area contributed by atoms with Crippen molar-refractivity contribution in [1.82, 2.24) is 4.90 Å². The first-order valence-electron chi connectivity index (χ1n) is 8.87. The van der Waals surface area contributed by atoms with Gasteiger partial charge in [0.1, 0.15) is 12.4 Å². The van der Waals surface area contributed by atoms with Gasteiger partial charge >= 0.3 is 0 Å². The van der Waals surface area contributed by atoms with E-state index >= 15 is 0 Å². The van der Waals surface area contributed by atoms with Crippen molar-refractivity contribution in [1.29, 1.82) is 0 Å². The number of hydrogen-bond donors (Lipinski definition) is 1. The molecule has 1 unspecified atom stereocenters. The molecule has 6 heteroatoms. The van der Waals surface area contributed by atoms with Gasteiger partial charge in [-0.15, -0.1) is 12.4 Å². The summed E-state index contributed by atoms with van der Waals surface area (Å²) in [5.74, 6) is 0.709. The highest BCUT2D eigenvalue weighted by atomic mass is 35.5. The van der Waals surface area contributed by atoms with Gasteiger partial charge in [-0.05, 0) is 47.7 Å². The molecule has 0 aromatic heterocycles. The van der Waals surface area contributed by atoms with Crippen LogP contribution in [0.5, 0.6) is 5.75 Å². The van der Waals surface area contributed by atoms with Crippen LogP contribution in [0.25, 0.3) is 0 Å². The van der Waals surface area contributed by atoms with E-state index < -0.39 is 0 Å². The molecule has 0 bridgehead atoms. The number of nitrogens with zero attached hydrogens (tertiary/aromatic N) is 1. The quantitative estimate of drug-likeness (QED) is 0.807. The second-order valence-electron chi connectivity index (χ2n) is 7.55. The molecule has 1 amide bonds. The summed E-state index contributed by atoms with van der Waals surface area (Å²) in [6.07, 6.45) is 0.825. The number of piperidine rings is 1. The Hall–Kier alpha value is -1.75. The van der Waals surface area contributed by atoms with E-state index in [4.69, 9.17) is 22.1 Å². The van der Waals surface area contributed by atoms with Crippen LogP contribution in [0.2, 0.25) is 5.02 Å². The van der Waals surface area contributed by atoms with Crippen molar-refractivity contribution in [2.24, 2.45) is 11.1 Å². The van der Waals surface area contributed by atoms with Crippen molar-refractivity contribution >= 4 is 29.9 Å². The molecule has 1 heterocycles. The number of ether oxygens (including phenoxy) is 1. The first-order valence-corrected chi connectivity index (χ1v) is 9.25. The second-order valence-corrected chi connectivity index (χ2v) is 7.99. The second kappa shape index (κ2) is 8.96. The monoisotopic (exact) mass is 408 g/mol. The molecule has 2 aromatic carbocycles. The van der Waals surface area contributed by atoms with Crippen molar-refractivity contribution in [3.05, 3.63) is 64.7 Å². The lowest BCUT2D eigenvalue weighted by Gasteiger charge is -2.42. The molecule has 2 aromatic rings. The first-order chi connectivity index (χ1) is 12.3. The van der Waals surface area contributed by atoms with Gasteiger partial charge in [0.2, 0.25) is 0 Å². The number of carbonyl (C=O) groups is 1. The fourth-order valence-corrected chi connectivity index (χ4v) is 3.32. The number of nitrogens with two attached hydrogens (primary N) is 1. The molecule has 0 aliphatic carbocycles. The molecule has 0 radical (unpaired) electrons. The maximum Gasteiger partial charge on any atom is 0.254 e. The van der Waals surface area contributed by atoms with Gasteiger partial charge in [0.15, 0.2) is 0 Å². The van der Waals surface area contributed by atoms with E-state index in [0.29, 0.717) is 36.0 Å². The van der Waals surface area contributed by atoms with Crippen molar-refractivity contribution < 1.29 is 9.53 Å². The van der Waals surface area contributed by atoms with E-state index in [0.717, 1.165) is 12.0 Å². The fourth-order valence-electron chi connectivity index (χ4n) is 3.20. The summed E-state index contributed by atoms with van der Waals surface area (Å²) < 4.78 is 5.83. The normalized spacial score (nSPS) is 18.5. The van der Waals surface area contributed by atoms with Crippen LogP contribution in [-0.2, 0) is 6.61 Å². The number of benzene rings is 2. The lowest BCUT2D eigenvalue weighted by atomic mass is 9.79. The van der Waals surface area contributed by atoms with E-state index in [1.807, 2.05) is 47.4 Å². The minimum atomic E-state index is -0.0728. The molecule has 4 nitrogen and oxygen atoms in total. The number of halogens is 2. The molecule has 0 spiro atoms. The molecule has 1 atom stereocenters.